The van der Waals surface area contributed by atoms with Crippen molar-refractivity contribution in [3.63, 3.8) is 0 Å². The summed E-state index contributed by atoms with van der Waals surface area (Å²) in [6.45, 7) is 0. The number of methoxy groups -OCH3 is 1. The zero-order valence-corrected chi connectivity index (χ0v) is 10.7. The first-order valence-corrected chi connectivity index (χ1v) is 5.81. The number of ether oxygens (including phenoxy) is 1. The van der Waals surface area contributed by atoms with Crippen LogP contribution in [-0.2, 0) is 0 Å². The van der Waals surface area contributed by atoms with Crippen molar-refractivity contribution in [3.05, 3.63) is 52.5 Å². The fourth-order valence-electron chi connectivity index (χ4n) is 1.53. The van der Waals surface area contributed by atoms with Crippen LogP contribution in [0.5, 0.6) is 5.75 Å². The van der Waals surface area contributed by atoms with Crippen molar-refractivity contribution in [2.75, 3.05) is 12.4 Å². The molecule has 0 saturated heterocycles. The highest BCUT2D eigenvalue weighted by Crippen LogP contribution is 2.29. The lowest BCUT2D eigenvalue weighted by Gasteiger charge is -2.11. The molecule has 88 valence electrons. The number of hydrogen-bond donors (Lipinski definition) is 1. The summed E-state index contributed by atoms with van der Waals surface area (Å²) in [6, 6.07) is 12.9. The number of halogens is 2. The molecule has 0 unspecified atom stereocenters. The summed E-state index contributed by atoms with van der Waals surface area (Å²) in [5.74, 6) is 0.767. The van der Waals surface area contributed by atoms with Gasteiger partial charge in [0.2, 0.25) is 0 Å². The van der Waals surface area contributed by atoms with E-state index in [0.29, 0.717) is 10.0 Å². The van der Waals surface area contributed by atoms with Crippen LogP contribution in [0.15, 0.2) is 42.5 Å². The first-order valence-electron chi connectivity index (χ1n) is 5.05. The van der Waals surface area contributed by atoms with E-state index in [2.05, 4.69) is 5.32 Å². The first-order chi connectivity index (χ1) is 8.19. The molecule has 0 fully saturated rings. The molecule has 2 nitrogen and oxygen atoms in total. The minimum Gasteiger partial charge on any atom is -0.495 e. The van der Waals surface area contributed by atoms with Crippen molar-refractivity contribution in [2.45, 2.75) is 0 Å². The van der Waals surface area contributed by atoms with Crippen molar-refractivity contribution in [3.8, 4) is 5.75 Å². The van der Waals surface area contributed by atoms with Crippen molar-refractivity contribution in [2.24, 2.45) is 0 Å². The second kappa shape index (κ2) is 5.30. The molecule has 0 aliphatic carbocycles. The molecule has 0 radical (unpaired) electrons. The lowest BCUT2D eigenvalue weighted by molar-refractivity contribution is 0.417. The summed E-state index contributed by atoms with van der Waals surface area (Å²) in [4.78, 5) is 0. The molecular formula is C13H11Cl2NO. The third kappa shape index (κ3) is 3.05. The Bertz CT molecular complexity index is 508. The quantitative estimate of drug-likeness (QED) is 0.867. The van der Waals surface area contributed by atoms with E-state index in [-0.39, 0.29) is 0 Å². The maximum absolute atomic E-state index is 5.93. The standard InChI is InChI=1S/C13H11Cl2NO/c1-17-13-5-3-2-4-12(13)16-11-7-9(14)6-10(15)8-11/h2-8,16H,1H3. The smallest absolute Gasteiger partial charge is 0.142 e. The van der Waals surface area contributed by atoms with Crippen LogP contribution in [0.3, 0.4) is 0 Å². The van der Waals surface area contributed by atoms with Crippen LogP contribution in [0.25, 0.3) is 0 Å². The Labute approximate surface area is 110 Å². The van der Waals surface area contributed by atoms with Gasteiger partial charge in [-0.3, -0.25) is 0 Å². The van der Waals surface area contributed by atoms with Gasteiger partial charge in [-0.05, 0) is 30.3 Å². The molecule has 0 aliphatic heterocycles. The molecule has 0 bridgehead atoms. The number of hydrogen-bond acceptors (Lipinski definition) is 2. The van der Waals surface area contributed by atoms with Crippen LogP contribution in [0.2, 0.25) is 10.0 Å². The van der Waals surface area contributed by atoms with Gasteiger partial charge in [-0.15, -0.1) is 0 Å². The Morgan fingerprint density at radius 2 is 1.65 bits per heavy atom. The van der Waals surface area contributed by atoms with Crippen LogP contribution in [0.4, 0.5) is 11.4 Å². The highest BCUT2D eigenvalue weighted by atomic mass is 35.5. The zero-order valence-electron chi connectivity index (χ0n) is 9.21. The summed E-state index contributed by atoms with van der Waals surface area (Å²) < 4.78 is 5.25. The van der Waals surface area contributed by atoms with Gasteiger partial charge in [0.15, 0.2) is 0 Å². The van der Waals surface area contributed by atoms with E-state index in [4.69, 9.17) is 27.9 Å². The molecule has 0 spiro atoms. The Hall–Kier alpha value is -1.38. The van der Waals surface area contributed by atoms with Crippen LogP contribution in [0, 0.1) is 0 Å². The van der Waals surface area contributed by atoms with Crippen LogP contribution in [-0.4, -0.2) is 7.11 Å². The monoisotopic (exact) mass is 267 g/mol. The molecule has 0 amide bonds. The largest absolute Gasteiger partial charge is 0.495 e. The number of rotatable bonds is 3. The van der Waals surface area contributed by atoms with Gasteiger partial charge in [-0.1, -0.05) is 35.3 Å². The normalized spacial score (nSPS) is 10.1. The third-order valence-corrected chi connectivity index (χ3v) is 2.68. The molecule has 17 heavy (non-hydrogen) atoms. The van der Waals surface area contributed by atoms with Gasteiger partial charge in [-0.25, -0.2) is 0 Å². The SMILES string of the molecule is COc1ccccc1Nc1cc(Cl)cc(Cl)c1. The fourth-order valence-corrected chi connectivity index (χ4v) is 2.06. The third-order valence-electron chi connectivity index (χ3n) is 2.25. The molecule has 0 saturated carbocycles. The average Bonchev–Trinajstić information content (AvgIpc) is 2.28. The summed E-state index contributed by atoms with van der Waals surface area (Å²) in [5.41, 5.74) is 1.69. The van der Waals surface area contributed by atoms with Crippen molar-refractivity contribution >= 4 is 34.6 Å². The van der Waals surface area contributed by atoms with Gasteiger partial charge >= 0.3 is 0 Å². The van der Waals surface area contributed by atoms with Crippen LogP contribution < -0.4 is 10.1 Å². The number of nitrogens with one attached hydrogen (secondary N) is 1. The number of benzene rings is 2. The first kappa shape index (κ1) is 12.1. The van der Waals surface area contributed by atoms with E-state index in [0.717, 1.165) is 17.1 Å². The van der Waals surface area contributed by atoms with Gasteiger partial charge < -0.3 is 10.1 Å². The Balaban J connectivity index is 2.31. The average molecular weight is 268 g/mol. The maximum Gasteiger partial charge on any atom is 0.142 e. The second-order valence-corrected chi connectivity index (χ2v) is 4.36. The van der Waals surface area contributed by atoms with Crippen molar-refractivity contribution in [1.82, 2.24) is 0 Å². The number of anilines is 2. The minimum absolute atomic E-state index is 0.592. The van der Waals surface area contributed by atoms with E-state index < -0.39 is 0 Å². The van der Waals surface area contributed by atoms with Crippen molar-refractivity contribution < 1.29 is 4.74 Å². The van der Waals surface area contributed by atoms with Gasteiger partial charge in [0.25, 0.3) is 0 Å². The molecule has 2 rings (SSSR count). The van der Waals surface area contributed by atoms with E-state index in [1.807, 2.05) is 24.3 Å². The molecule has 0 aromatic heterocycles. The van der Waals surface area contributed by atoms with E-state index in [1.165, 1.54) is 0 Å². The molecule has 0 heterocycles. The second-order valence-electron chi connectivity index (χ2n) is 3.48. The Kier molecular flexibility index (Phi) is 3.77. The van der Waals surface area contributed by atoms with E-state index >= 15 is 0 Å². The molecule has 2 aromatic rings. The highest BCUT2D eigenvalue weighted by molar-refractivity contribution is 6.35. The molecule has 1 N–H and O–H groups in total. The molecule has 2 aromatic carbocycles. The maximum atomic E-state index is 5.93. The Morgan fingerprint density at radius 3 is 2.29 bits per heavy atom. The predicted molar refractivity (Wildman–Crippen MR) is 72.7 cm³/mol. The summed E-state index contributed by atoms with van der Waals surface area (Å²) in [7, 11) is 1.63. The highest BCUT2D eigenvalue weighted by Gasteiger charge is 2.03. The summed E-state index contributed by atoms with van der Waals surface area (Å²) in [5, 5.41) is 4.40. The Morgan fingerprint density at radius 1 is 1.00 bits per heavy atom. The van der Waals surface area contributed by atoms with Gasteiger partial charge in [0.1, 0.15) is 5.75 Å². The molecule has 0 atom stereocenters. The van der Waals surface area contributed by atoms with E-state index in [1.54, 1.807) is 25.3 Å². The topological polar surface area (TPSA) is 21.3 Å². The van der Waals surface area contributed by atoms with Crippen LogP contribution >= 0.6 is 23.2 Å². The van der Waals surface area contributed by atoms with E-state index in [9.17, 15) is 0 Å². The van der Waals surface area contributed by atoms with Gasteiger partial charge in [0.05, 0.1) is 12.8 Å². The molecular weight excluding hydrogens is 257 g/mol. The van der Waals surface area contributed by atoms with Crippen molar-refractivity contribution in [1.29, 1.82) is 0 Å². The lowest BCUT2D eigenvalue weighted by atomic mass is 10.2. The predicted octanol–water partition coefficient (Wildman–Crippen LogP) is 4.75. The van der Waals surface area contributed by atoms with Gasteiger partial charge in [0, 0.05) is 15.7 Å². The molecule has 0 aliphatic rings. The van der Waals surface area contributed by atoms with Gasteiger partial charge in [-0.2, -0.15) is 0 Å². The minimum atomic E-state index is 0.592. The lowest BCUT2D eigenvalue weighted by Crippen LogP contribution is -1.94. The fraction of sp³-hybridized carbons (Fsp3) is 0.0769. The number of para-hydroxylation sites is 2. The summed E-state index contributed by atoms with van der Waals surface area (Å²) >= 11 is 11.9. The zero-order chi connectivity index (χ0) is 12.3. The summed E-state index contributed by atoms with van der Waals surface area (Å²) in [6.07, 6.45) is 0. The van der Waals surface area contributed by atoms with Crippen LogP contribution in [0.1, 0.15) is 0 Å². The molecule has 4 heteroatoms.